The van der Waals surface area contributed by atoms with Crippen molar-refractivity contribution in [1.82, 2.24) is 15.2 Å². The summed E-state index contributed by atoms with van der Waals surface area (Å²) < 4.78 is 113. The van der Waals surface area contributed by atoms with Crippen LogP contribution in [0.1, 0.15) is 41.3 Å². The van der Waals surface area contributed by atoms with E-state index in [1.165, 1.54) is 4.90 Å². The Hall–Kier alpha value is -2.70. The van der Waals surface area contributed by atoms with Crippen molar-refractivity contribution >= 4 is 17.6 Å². The third kappa shape index (κ3) is 5.86. The topological polar surface area (TPSA) is 45.2 Å². The van der Waals surface area contributed by atoms with Crippen LogP contribution < -0.4 is 5.32 Å². The number of pyridine rings is 1. The first-order chi connectivity index (χ1) is 15.6. The predicted octanol–water partition coefficient (Wildman–Crippen LogP) is 6.71. The van der Waals surface area contributed by atoms with Crippen molar-refractivity contribution in [2.75, 3.05) is 6.54 Å². The Bertz CT molecular complexity index is 1000. The molecule has 4 nitrogen and oxygen atoms in total. The molecule has 0 saturated carbocycles. The first-order valence-corrected chi connectivity index (χ1v) is 10.0. The summed E-state index contributed by atoms with van der Waals surface area (Å²) in [7, 11) is 0. The summed E-state index contributed by atoms with van der Waals surface area (Å²) >= 11 is 5.33. The minimum atomic E-state index is -4.89. The maximum Gasteiger partial charge on any atom is 0.433 e. The van der Waals surface area contributed by atoms with Gasteiger partial charge in [0.25, 0.3) is 0 Å². The minimum Gasteiger partial charge on any atom is -0.329 e. The second kappa shape index (κ2) is 9.16. The molecule has 2 saturated heterocycles. The van der Waals surface area contributed by atoms with E-state index in [0.717, 1.165) is 18.3 Å². The average Bonchev–Trinajstić information content (AvgIpc) is 3.31. The number of carbonyl (C=O) groups is 1. The SMILES string of the molecule is FC(F)(F)c1ccc(Cl)cn1.O=C1NC(c2cc(C(F)(F)F)cc(C(F)(F)F)c2)C2CCCN12. The molecule has 2 aliphatic heterocycles. The molecule has 2 unspecified atom stereocenters. The molecular weight excluding hydrogens is 505 g/mol. The highest BCUT2D eigenvalue weighted by atomic mass is 35.5. The Balaban J connectivity index is 0.000000248. The number of benzene rings is 1. The van der Waals surface area contributed by atoms with Crippen molar-refractivity contribution in [2.45, 2.75) is 43.5 Å². The summed E-state index contributed by atoms with van der Waals surface area (Å²) in [5.41, 5.74) is -3.84. The quantitative estimate of drug-likeness (QED) is 0.426. The Morgan fingerprint density at radius 2 is 1.50 bits per heavy atom. The van der Waals surface area contributed by atoms with Gasteiger partial charge in [-0.25, -0.2) is 4.79 Å². The second-order valence-electron chi connectivity index (χ2n) is 7.53. The molecule has 1 N–H and O–H groups in total. The number of carbonyl (C=O) groups excluding carboxylic acids is 1. The van der Waals surface area contributed by atoms with E-state index in [4.69, 9.17) is 11.6 Å². The van der Waals surface area contributed by atoms with Gasteiger partial charge in [-0.2, -0.15) is 39.5 Å². The standard InChI is InChI=1S/C14H12F6N2O.C6H3ClF3N/c15-13(16,17)8-4-7(5-9(6-8)14(18,19)20)11-10-2-1-3-22(10)12(23)21-11;7-4-1-2-5(11-3-4)6(8,9)10/h4-6,10-11H,1-3H2,(H,21,23);1-3H. The molecule has 0 bridgehead atoms. The average molecular weight is 520 g/mol. The Morgan fingerprint density at radius 1 is 0.912 bits per heavy atom. The maximum absolute atomic E-state index is 12.9. The molecule has 3 heterocycles. The van der Waals surface area contributed by atoms with E-state index in [1.807, 2.05) is 0 Å². The largest absolute Gasteiger partial charge is 0.433 e. The molecule has 0 aliphatic carbocycles. The van der Waals surface area contributed by atoms with E-state index in [0.29, 0.717) is 31.5 Å². The molecule has 2 fully saturated rings. The summed E-state index contributed by atoms with van der Waals surface area (Å²) in [6.07, 6.45) is -12.0. The van der Waals surface area contributed by atoms with Gasteiger partial charge in [-0.3, -0.25) is 4.98 Å². The number of hydrogen-bond donors (Lipinski definition) is 1. The monoisotopic (exact) mass is 519 g/mol. The van der Waals surface area contributed by atoms with E-state index in [-0.39, 0.29) is 16.7 Å². The zero-order valence-corrected chi connectivity index (χ0v) is 17.6. The van der Waals surface area contributed by atoms with Crippen LogP contribution in [0.2, 0.25) is 5.02 Å². The van der Waals surface area contributed by atoms with Gasteiger partial charge in [0.15, 0.2) is 0 Å². The van der Waals surface area contributed by atoms with E-state index < -0.39 is 53.5 Å². The predicted molar refractivity (Wildman–Crippen MR) is 102 cm³/mol. The fourth-order valence-electron chi connectivity index (χ4n) is 3.71. The zero-order chi connectivity index (χ0) is 25.5. The molecule has 186 valence electrons. The Morgan fingerprint density at radius 3 is 1.97 bits per heavy atom. The first kappa shape index (κ1) is 25.9. The van der Waals surface area contributed by atoms with Gasteiger partial charge in [0, 0.05) is 12.7 Å². The fourth-order valence-corrected chi connectivity index (χ4v) is 3.82. The molecule has 0 spiro atoms. The molecule has 34 heavy (non-hydrogen) atoms. The summed E-state index contributed by atoms with van der Waals surface area (Å²) in [6, 6.07) is 1.71. The number of alkyl halides is 9. The van der Waals surface area contributed by atoms with Crippen molar-refractivity contribution < 1.29 is 44.3 Å². The molecule has 4 rings (SSSR count). The molecule has 2 atom stereocenters. The van der Waals surface area contributed by atoms with Crippen LogP contribution in [0.15, 0.2) is 36.5 Å². The molecule has 1 aromatic heterocycles. The Kier molecular flexibility index (Phi) is 6.98. The summed E-state index contributed by atoms with van der Waals surface area (Å²) in [4.78, 5) is 16.3. The number of nitrogens with one attached hydrogen (secondary N) is 1. The van der Waals surface area contributed by atoms with Crippen molar-refractivity contribution in [3.05, 3.63) is 63.9 Å². The van der Waals surface area contributed by atoms with Gasteiger partial charge in [0.1, 0.15) is 5.69 Å². The number of hydrogen-bond acceptors (Lipinski definition) is 2. The van der Waals surface area contributed by atoms with Crippen LogP contribution in [0.4, 0.5) is 44.3 Å². The zero-order valence-electron chi connectivity index (χ0n) is 16.8. The number of halogens is 10. The lowest BCUT2D eigenvalue weighted by molar-refractivity contribution is -0.143. The molecule has 1 aromatic carbocycles. The van der Waals surface area contributed by atoms with E-state index in [9.17, 15) is 44.3 Å². The van der Waals surface area contributed by atoms with Crippen molar-refractivity contribution in [3.63, 3.8) is 0 Å². The van der Waals surface area contributed by atoms with Gasteiger partial charge >= 0.3 is 24.6 Å². The van der Waals surface area contributed by atoms with Crippen LogP contribution in [0.3, 0.4) is 0 Å². The third-order valence-corrected chi connectivity index (χ3v) is 5.43. The van der Waals surface area contributed by atoms with E-state index >= 15 is 0 Å². The molecule has 2 aromatic rings. The molecular formula is C20H15ClF9N3O. The van der Waals surface area contributed by atoms with Crippen molar-refractivity contribution in [1.29, 1.82) is 0 Å². The van der Waals surface area contributed by atoms with Crippen molar-refractivity contribution in [2.24, 2.45) is 0 Å². The second-order valence-corrected chi connectivity index (χ2v) is 7.97. The van der Waals surface area contributed by atoms with Gasteiger partial charge in [-0.1, -0.05) is 11.6 Å². The van der Waals surface area contributed by atoms with Gasteiger partial charge in [0.2, 0.25) is 0 Å². The third-order valence-electron chi connectivity index (χ3n) is 5.21. The number of nitrogens with zero attached hydrogens (tertiary/aromatic N) is 2. The number of urea groups is 1. The highest BCUT2D eigenvalue weighted by molar-refractivity contribution is 6.30. The highest BCUT2D eigenvalue weighted by Crippen LogP contribution is 2.41. The fraction of sp³-hybridized carbons (Fsp3) is 0.400. The summed E-state index contributed by atoms with van der Waals surface area (Å²) in [5, 5.41) is 2.67. The number of fused-ring (bicyclic) bond motifs is 1. The van der Waals surface area contributed by atoms with Gasteiger partial charge < -0.3 is 10.2 Å². The van der Waals surface area contributed by atoms with E-state index in [1.54, 1.807) is 0 Å². The highest BCUT2D eigenvalue weighted by Gasteiger charge is 2.45. The first-order valence-electron chi connectivity index (χ1n) is 9.62. The normalized spacial score (nSPS) is 20.5. The van der Waals surface area contributed by atoms with Crippen LogP contribution in [0.5, 0.6) is 0 Å². The van der Waals surface area contributed by atoms with Crippen LogP contribution in [0, 0.1) is 0 Å². The lowest BCUT2D eigenvalue weighted by Crippen LogP contribution is -2.28. The summed E-state index contributed by atoms with van der Waals surface area (Å²) in [6.45, 7) is 0.456. The molecule has 2 amide bonds. The van der Waals surface area contributed by atoms with Crippen LogP contribution >= 0.6 is 11.6 Å². The lowest BCUT2D eigenvalue weighted by Gasteiger charge is -2.21. The number of rotatable bonds is 1. The summed E-state index contributed by atoms with van der Waals surface area (Å²) in [5.74, 6) is 0. The smallest absolute Gasteiger partial charge is 0.329 e. The maximum atomic E-state index is 12.9. The van der Waals surface area contributed by atoms with Crippen LogP contribution in [0.25, 0.3) is 0 Å². The number of aromatic nitrogens is 1. The molecule has 0 radical (unpaired) electrons. The van der Waals surface area contributed by atoms with Gasteiger partial charge in [0.05, 0.1) is 28.2 Å². The lowest BCUT2D eigenvalue weighted by atomic mass is 9.95. The Labute approximate surface area is 191 Å². The van der Waals surface area contributed by atoms with Gasteiger partial charge in [-0.15, -0.1) is 0 Å². The number of amides is 2. The van der Waals surface area contributed by atoms with Crippen LogP contribution in [-0.2, 0) is 18.5 Å². The van der Waals surface area contributed by atoms with Crippen molar-refractivity contribution in [3.8, 4) is 0 Å². The molecule has 2 aliphatic rings. The molecule has 14 heteroatoms. The minimum absolute atomic E-state index is 0.0900. The van der Waals surface area contributed by atoms with E-state index in [2.05, 4.69) is 10.3 Å². The van der Waals surface area contributed by atoms with Crippen LogP contribution in [-0.4, -0.2) is 28.5 Å². The van der Waals surface area contributed by atoms with Gasteiger partial charge in [-0.05, 0) is 48.7 Å².